The number of rotatable bonds is 8. The van der Waals surface area contributed by atoms with E-state index >= 15 is 0 Å². The summed E-state index contributed by atoms with van der Waals surface area (Å²) in [7, 11) is 0. The topological polar surface area (TPSA) is 0 Å². The second-order valence-corrected chi connectivity index (χ2v) is 5.31. The van der Waals surface area contributed by atoms with Gasteiger partial charge in [-0.15, -0.1) is 0 Å². The number of hydrogen-bond acceptors (Lipinski definition) is 0. The van der Waals surface area contributed by atoms with E-state index in [1.807, 2.05) is 0 Å². The first-order valence-corrected chi connectivity index (χ1v) is 7.62. The number of unbranched alkanes of at least 4 members (excludes halogenated alkanes) is 2. The normalized spacial score (nSPS) is 13.1. The second-order valence-electron chi connectivity index (χ2n) is 5.31. The molecule has 0 saturated carbocycles. The molecule has 0 bridgehead atoms. The van der Waals surface area contributed by atoms with Crippen LogP contribution in [0.4, 0.5) is 0 Å². The molecule has 0 amide bonds. The van der Waals surface area contributed by atoms with Gasteiger partial charge in [0.05, 0.1) is 0 Å². The Morgan fingerprint density at radius 2 is 0.941 bits per heavy atom. The molecule has 0 rings (SSSR count). The van der Waals surface area contributed by atoms with Gasteiger partial charge in [-0.2, -0.15) is 0 Å². The molecule has 0 aliphatic carbocycles. The third-order valence-electron chi connectivity index (χ3n) is 3.49. The van der Waals surface area contributed by atoms with E-state index in [9.17, 15) is 0 Å². The van der Waals surface area contributed by atoms with Gasteiger partial charge in [-0.05, 0) is 11.8 Å². The summed E-state index contributed by atoms with van der Waals surface area (Å²) >= 11 is 0. The molecular formula is C16H38Sn. The van der Waals surface area contributed by atoms with Gasteiger partial charge in [0.25, 0.3) is 0 Å². The molecule has 0 aromatic carbocycles. The molecule has 0 saturated heterocycles. The summed E-state index contributed by atoms with van der Waals surface area (Å²) in [6.07, 6.45) is 11.1. The van der Waals surface area contributed by atoms with Gasteiger partial charge >= 0.3 is 23.9 Å². The average molecular weight is 349 g/mol. The Labute approximate surface area is 128 Å². The first kappa shape index (κ1) is 22.9. The van der Waals surface area contributed by atoms with Crippen LogP contribution in [0.5, 0.6) is 0 Å². The molecule has 1 heteroatoms. The summed E-state index contributed by atoms with van der Waals surface area (Å²) < 4.78 is 0. The van der Waals surface area contributed by atoms with Gasteiger partial charge < -0.3 is 0 Å². The zero-order chi connectivity index (χ0) is 12.8. The molecule has 2 unspecified atom stereocenters. The van der Waals surface area contributed by atoms with Gasteiger partial charge in [-0.3, -0.25) is 0 Å². The Morgan fingerprint density at radius 3 is 1.12 bits per heavy atom. The summed E-state index contributed by atoms with van der Waals surface area (Å²) in [6.45, 7) is 13.7. The number of hydrogen-bond donors (Lipinski definition) is 0. The van der Waals surface area contributed by atoms with E-state index in [2.05, 4.69) is 41.5 Å². The van der Waals surface area contributed by atoms with Gasteiger partial charge in [0, 0.05) is 0 Å². The Kier molecular flexibility index (Phi) is 25.8. The van der Waals surface area contributed by atoms with Crippen LogP contribution in [-0.2, 0) is 0 Å². The van der Waals surface area contributed by atoms with E-state index in [1.54, 1.807) is 0 Å². The van der Waals surface area contributed by atoms with Crippen LogP contribution in [0, 0.1) is 11.8 Å². The molecule has 2 atom stereocenters. The standard InChI is InChI=1S/2C8H18.Sn.2H/c2*1-4-6-7-8(3)5-2;;;/h2*8H,4-7H2,1-3H3;;;. The van der Waals surface area contributed by atoms with Crippen molar-refractivity contribution in [3.05, 3.63) is 0 Å². The minimum absolute atomic E-state index is 0. The van der Waals surface area contributed by atoms with Crippen LogP contribution >= 0.6 is 0 Å². The van der Waals surface area contributed by atoms with Crippen molar-refractivity contribution in [2.24, 2.45) is 11.8 Å². The van der Waals surface area contributed by atoms with E-state index in [0.717, 1.165) is 11.8 Å². The maximum absolute atomic E-state index is 2.33. The molecule has 0 fully saturated rings. The first-order chi connectivity index (χ1) is 7.62. The maximum atomic E-state index is 2.33. The van der Waals surface area contributed by atoms with Gasteiger partial charge in [0.1, 0.15) is 0 Å². The van der Waals surface area contributed by atoms with Crippen LogP contribution in [0.15, 0.2) is 0 Å². The van der Waals surface area contributed by atoms with Gasteiger partial charge in [0.15, 0.2) is 0 Å². The summed E-state index contributed by atoms with van der Waals surface area (Å²) in [4.78, 5) is 0. The fraction of sp³-hybridized carbons (Fsp3) is 1.00. The van der Waals surface area contributed by atoms with E-state index in [1.165, 1.54) is 51.4 Å². The van der Waals surface area contributed by atoms with Crippen LogP contribution in [-0.4, -0.2) is 23.9 Å². The van der Waals surface area contributed by atoms with Gasteiger partial charge in [-0.1, -0.05) is 92.9 Å². The quantitative estimate of drug-likeness (QED) is 0.506. The van der Waals surface area contributed by atoms with E-state index in [0.29, 0.717) is 0 Å². The fourth-order valence-corrected chi connectivity index (χ4v) is 1.51. The molecule has 0 aromatic rings. The molecule has 0 aromatic heterocycles. The van der Waals surface area contributed by atoms with Gasteiger partial charge in [0.2, 0.25) is 0 Å². The van der Waals surface area contributed by atoms with Crippen molar-refractivity contribution >= 4 is 23.9 Å². The molecular weight excluding hydrogens is 311 g/mol. The zero-order valence-corrected chi connectivity index (χ0v) is 17.6. The minimum atomic E-state index is 0. The predicted molar refractivity (Wildman–Crippen MR) is 86.5 cm³/mol. The Bertz CT molecular complexity index is 98.1. The van der Waals surface area contributed by atoms with E-state index in [-0.39, 0.29) is 23.9 Å². The van der Waals surface area contributed by atoms with Crippen LogP contribution in [0.1, 0.15) is 92.9 Å². The Morgan fingerprint density at radius 1 is 0.647 bits per heavy atom. The van der Waals surface area contributed by atoms with Crippen molar-refractivity contribution in [3.63, 3.8) is 0 Å². The molecule has 17 heavy (non-hydrogen) atoms. The van der Waals surface area contributed by atoms with Crippen LogP contribution in [0.2, 0.25) is 0 Å². The van der Waals surface area contributed by atoms with E-state index < -0.39 is 0 Å². The van der Waals surface area contributed by atoms with Crippen LogP contribution in [0.25, 0.3) is 0 Å². The Balaban J connectivity index is -0.000000218. The fourth-order valence-electron chi connectivity index (χ4n) is 1.51. The molecule has 0 spiro atoms. The first-order valence-electron chi connectivity index (χ1n) is 7.62. The molecule has 2 radical (unpaired) electrons. The molecule has 0 aliphatic heterocycles. The van der Waals surface area contributed by atoms with E-state index in [4.69, 9.17) is 0 Å². The van der Waals surface area contributed by atoms with Crippen LogP contribution < -0.4 is 0 Å². The third-order valence-corrected chi connectivity index (χ3v) is 3.49. The van der Waals surface area contributed by atoms with Gasteiger partial charge in [-0.25, -0.2) is 0 Å². The van der Waals surface area contributed by atoms with Crippen molar-refractivity contribution in [1.29, 1.82) is 0 Å². The zero-order valence-electron chi connectivity index (χ0n) is 13.5. The average Bonchev–Trinajstić information content (AvgIpc) is 2.33. The van der Waals surface area contributed by atoms with Crippen LogP contribution in [0.3, 0.4) is 0 Å². The second kappa shape index (κ2) is 19.1. The summed E-state index contributed by atoms with van der Waals surface area (Å²) in [5.41, 5.74) is 0. The molecule has 0 heterocycles. The van der Waals surface area contributed by atoms with Crippen molar-refractivity contribution in [2.75, 3.05) is 0 Å². The molecule has 0 nitrogen and oxygen atoms in total. The Hall–Kier alpha value is 0.799. The third kappa shape index (κ3) is 22.5. The molecule has 0 N–H and O–H groups in total. The summed E-state index contributed by atoms with van der Waals surface area (Å²) in [5.74, 6) is 1.91. The summed E-state index contributed by atoms with van der Waals surface area (Å²) in [5, 5.41) is 0. The van der Waals surface area contributed by atoms with Crippen molar-refractivity contribution in [3.8, 4) is 0 Å². The predicted octanol–water partition coefficient (Wildman–Crippen LogP) is 5.53. The SMILES string of the molecule is CCCCC(C)CC.CCCCC(C)CC.[SnH2]. The molecule has 106 valence electrons. The monoisotopic (exact) mass is 350 g/mol. The van der Waals surface area contributed by atoms with Crippen molar-refractivity contribution in [1.82, 2.24) is 0 Å². The van der Waals surface area contributed by atoms with Crippen molar-refractivity contribution in [2.45, 2.75) is 92.9 Å². The summed E-state index contributed by atoms with van der Waals surface area (Å²) in [6, 6.07) is 0. The molecule has 0 aliphatic rings. The van der Waals surface area contributed by atoms with Crippen molar-refractivity contribution < 1.29 is 0 Å².